The largest absolute Gasteiger partial charge is 0.477 e. The molecule has 104 valence electrons. The van der Waals surface area contributed by atoms with E-state index >= 15 is 0 Å². The van der Waals surface area contributed by atoms with E-state index in [0.717, 1.165) is 19.3 Å². The van der Waals surface area contributed by atoms with Gasteiger partial charge in [0, 0.05) is 0 Å². The minimum absolute atomic E-state index is 0.0336. The van der Waals surface area contributed by atoms with Crippen LogP contribution in [0.1, 0.15) is 43.5 Å². The van der Waals surface area contributed by atoms with Crippen molar-refractivity contribution in [3.63, 3.8) is 0 Å². The predicted molar refractivity (Wildman–Crippen MR) is 72.2 cm³/mol. The summed E-state index contributed by atoms with van der Waals surface area (Å²) >= 11 is 0. The molecule has 1 fully saturated rings. The number of hydrogen-bond donors (Lipinski definition) is 2. The first-order valence-electron chi connectivity index (χ1n) is 6.63. The first kappa shape index (κ1) is 13.6. The van der Waals surface area contributed by atoms with Crippen LogP contribution in [0.5, 0.6) is 5.88 Å². The molecule has 1 aliphatic rings. The van der Waals surface area contributed by atoms with Crippen LogP contribution in [0.2, 0.25) is 0 Å². The quantitative estimate of drug-likeness (QED) is 0.876. The van der Waals surface area contributed by atoms with Crippen molar-refractivity contribution < 1.29 is 14.6 Å². The molecule has 1 heterocycles. The highest BCUT2D eigenvalue weighted by molar-refractivity contribution is 5.91. The van der Waals surface area contributed by atoms with Crippen molar-refractivity contribution in [2.45, 2.75) is 39.2 Å². The lowest BCUT2D eigenvalue weighted by Crippen LogP contribution is -2.29. The zero-order valence-electron chi connectivity index (χ0n) is 11.3. The van der Waals surface area contributed by atoms with Crippen molar-refractivity contribution in [3.8, 4) is 5.88 Å². The molecule has 3 unspecified atom stereocenters. The van der Waals surface area contributed by atoms with Crippen molar-refractivity contribution in [2.24, 2.45) is 11.8 Å². The molecule has 2 rings (SSSR count). The molecule has 1 aliphatic carbocycles. The Hall–Kier alpha value is -1.78. The number of carbonyl (C=O) groups is 1. The number of aromatic carboxylic acids is 1. The van der Waals surface area contributed by atoms with Crippen molar-refractivity contribution in [1.82, 2.24) is 4.98 Å². The number of nitrogens with two attached hydrogens (primary N) is 1. The van der Waals surface area contributed by atoms with Gasteiger partial charge in [-0.1, -0.05) is 13.8 Å². The molecule has 1 saturated carbocycles. The van der Waals surface area contributed by atoms with Crippen LogP contribution in [0, 0.1) is 11.8 Å². The Balaban J connectivity index is 2.13. The minimum atomic E-state index is -1.06. The predicted octanol–water partition coefficient (Wildman–Crippen LogP) is 2.57. The number of pyridine rings is 1. The van der Waals surface area contributed by atoms with Crippen LogP contribution in [0.25, 0.3) is 0 Å². The van der Waals surface area contributed by atoms with Gasteiger partial charge >= 0.3 is 5.97 Å². The van der Waals surface area contributed by atoms with E-state index in [0.29, 0.717) is 17.5 Å². The van der Waals surface area contributed by atoms with Crippen LogP contribution < -0.4 is 10.5 Å². The summed E-state index contributed by atoms with van der Waals surface area (Å²) in [6.07, 6.45) is 4.45. The smallest absolute Gasteiger partial charge is 0.341 e. The van der Waals surface area contributed by atoms with Gasteiger partial charge in [0.25, 0.3) is 0 Å². The Kier molecular flexibility index (Phi) is 3.93. The maximum Gasteiger partial charge on any atom is 0.341 e. The lowest BCUT2D eigenvalue weighted by molar-refractivity contribution is 0.0670. The summed E-state index contributed by atoms with van der Waals surface area (Å²) < 4.78 is 5.77. The van der Waals surface area contributed by atoms with Gasteiger partial charge in [-0.15, -0.1) is 0 Å². The highest BCUT2D eigenvalue weighted by Gasteiger charge is 2.27. The van der Waals surface area contributed by atoms with Gasteiger partial charge in [-0.2, -0.15) is 0 Å². The van der Waals surface area contributed by atoms with Crippen molar-refractivity contribution in [2.75, 3.05) is 5.73 Å². The highest BCUT2D eigenvalue weighted by Crippen LogP contribution is 2.32. The summed E-state index contributed by atoms with van der Waals surface area (Å²) in [7, 11) is 0. The molecule has 19 heavy (non-hydrogen) atoms. The second kappa shape index (κ2) is 5.47. The lowest BCUT2D eigenvalue weighted by atomic mass is 9.80. The summed E-state index contributed by atoms with van der Waals surface area (Å²) in [6.45, 7) is 4.44. The number of anilines is 1. The van der Waals surface area contributed by atoms with Crippen molar-refractivity contribution >= 4 is 11.7 Å². The Morgan fingerprint density at radius 1 is 1.42 bits per heavy atom. The van der Waals surface area contributed by atoms with E-state index in [1.165, 1.54) is 12.3 Å². The number of aromatic nitrogens is 1. The molecule has 0 aliphatic heterocycles. The molecular weight excluding hydrogens is 244 g/mol. The van der Waals surface area contributed by atoms with E-state index in [4.69, 9.17) is 15.6 Å². The maximum atomic E-state index is 11.2. The Bertz CT molecular complexity index is 476. The number of carboxylic acids is 1. The van der Waals surface area contributed by atoms with E-state index in [9.17, 15) is 4.79 Å². The third-order valence-corrected chi connectivity index (χ3v) is 3.93. The molecule has 0 radical (unpaired) electrons. The maximum absolute atomic E-state index is 11.2. The van der Waals surface area contributed by atoms with Gasteiger partial charge in [0.1, 0.15) is 11.7 Å². The van der Waals surface area contributed by atoms with E-state index in [2.05, 4.69) is 18.8 Å². The number of hydrogen-bond acceptors (Lipinski definition) is 4. The molecule has 3 atom stereocenters. The molecule has 5 heteroatoms. The van der Waals surface area contributed by atoms with Crippen molar-refractivity contribution in [3.05, 3.63) is 17.8 Å². The molecule has 0 spiro atoms. The minimum Gasteiger partial charge on any atom is -0.477 e. The van der Waals surface area contributed by atoms with Crippen LogP contribution in [0.3, 0.4) is 0 Å². The van der Waals surface area contributed by atoms with E-state index in [1.54, 1.807) is 0 Å². The van der Waals surface area contributed by atoms with Gasteiger partial charge in [0.05, 0.1) is 11.9 Å². The summed E-state index contributed by atoms with van der Waals surface area (Å²) in [4.78, 5) is 15.2. The molecular formula is C14H20N2O3. The first-order chi connectivity index (χ1) is 8.97. The van der Waals surface area contributed by atoms with Gasteiger partial charge in [-0.25, -0.2) is 9.78 Å². The molecule has 3 N–H and O–H groups in total. The first-order valence-corrected chi connectivity index (χ1v) is 6.63. The average molecular weight is 264 g/mol. The van der Waals surface area contributed by atoms with Crippen LogP contribution in [-0.4, -0.2) is 22.2 Å². The second-order valence-corrected chi connectivity index (χ2v) is 5.43. The van der Waals surface area contributed by atoms with Crippen LogP contribution in [0.15, 0.2) is 12.3 Å². The van der Waals surface area contributed by atoms with Crippen LogP contribution >= 0.6 is 0 Å². The number of ether oxygens (including phenoxy) is 1. The Morgan fingerprint density at radius 2 is 2.16 bits per heavy atom. The third-order valence-electron chi connectivity index (χ3n) is 3.93. The molecule has 1 aromatic rings. The van der Waals surface area contributed by atoms with Gasteiger partial charge in [-0.3, -0.25) is 0 Å². The molecule has 5 nitrogen and oxygen atoms in total. The summed E-state index contributed by atoms with van der Waals surface area (Å²) in [5.41, 5.74) is 5.92. The highest BCUT2D eigenvalue weighted by atomic mass is 16.5. The zero-order chi connectivity index (χ0) is 14.0. The summed E-state index contributed by atoms with van der Waals surface area (Å²) in [6, 6.07) is 1.39. The zero-order valence-corrected chi connectivity index (χ0v) is 11.3. The number of carboxylic acid groups (broad SMARTS) is 1. The van der Waals surface area contributed by atoms with Crippen LogP contribution in [-0.2, 0) is 0 Å². The topological polar surface area (TPSA) is 85.4 Å². The lowest BCUT2D eigenvalue weighted by Gasteiger charge is -2.32. The van der Waals surface area contributed by atoms with Crippen LogP contribution in [0.4, 0.5) is 5.69 Å². The fourth-order valence-corrected chi connectivity index (χ4v) is 2.48. The fraction of sp³-hybridized carbons (Fsp3) is 0.571. The second-order valence-electron chi connectivity index (χ2n) is 5.43. The SMILES string of the molecule is CC1CCC(Oc2ncc(N)cc2C(=O)O)CC1C. The van der Waals surface area contributed by atoms with Gasteiger partial charge in [0.2, 0.25) is 5.88 Å². The third kappa shape index (κ3) is 3.16. The average Bonchev–Trinajstić information content (AvgIpc) is 2.36. The molecule has 0 amide bonds. The number of nitrogen functional groups attached to an aromatic ring is 1. The van der Waals surface area contributed by atoms with E-state index in [-0.39, 0.29) is 17.5 Å². The molecule has 0 aromatic carbocycles. The fourth-order valence-electron chi connectivity index (χ4n) is 2.48. The standard InChI is InChI=1S/C14H20N2O3/c1-8-3-4-11(5-9(8)2)19-13-12(14(17)18)6-10(15)7-16-13/h6-9,11H,3-5,15H2,1-2H3,(H,17,18). The van der Waals surface area contributed by atoms with E-state index < -0.39 is 5.97 Å². The van der Waals surface area contributed by atoms with E-state index in [1.807, 2.05) is 0 Å². The molecule has 0 bridgehead atoms. The monoisotopic (exact) mass is 264 g/mol. The summed E-state index contributed by atoms with van der Waals surface area (Å²) in [5.74, 6) is 0.388. The molecule has 0 saturated heterocycles. The number of nitrogens with zero attached hydrogens (tertiary/aromatic N) is 1. The summed E-state index contributed by atoms with van der Waals surface area (Å²) in [5, 5.41) is 9.14. The normalized spacial score (nSPS) is 26.9. The van der Waals surface area contributed by atoms with Gasteiger partial charge in [-0.05, 0) is 37.2 Å². The molecule has 1 aromatic heterocycles. The van der Waals surface area contributed by atoms with Gasteiger partial charge < -0.3 is 15.6 Å². The van der Waals surface area contributed by atoms with Gasteiger partial charge in [0.15, 0.2) is 0 Å². The Morgan fingerprint density at radius 3 is 2.79 bits per heavy atom. The Labute approximate surface area is 112 Å². The number of rotatable bonds is 3. The van der Waals surface area contributed by atoms with Crippen molar-refractivity contribution in [1.29, 1.82) is 0 Å².